The van der Waals surface area contributed by atoms with Crippen LogP contribution in [0.4, 0.5) is 0 Å². The summed E-state index contributed by atoms with van der Waals surface area (Å²) in [7, 11) is 4.01. The molecule has 0 aliphatic rings. The van der Waals surface area contributed by atoms with E-state index in [1.807, 2.05) is 25.6 Å². The lowest BCUT2D eigenvalue weighted by Crippen LogP contribution is -2.28. The Labute approximate surface area is 124 Å². The Morgan fingerprint density at radius 3 is 2.71 bits per heavy atom. The van der Waals surface area contributed by atoms with Crippen molar-refractivity contribution in [2.24, 2.45) is 0 Å². The second-order valence-corrected chi connectivity index (χ2v) is 5.03. The van der Waals surface area contributed by atoms with Gasteiger partial charge in [0.15, 0.2) is 11.5 Å². The van der Waals surface area contributed by atoms with Crippen LogP contribution in [-0.4, -0.2) is 57.7 Å². The van der Waals surface area contributed by atoms with E-state index < -0.39 is 0 Å². The van der Waals surface area contributed by atoms with Gasteiger partial charge in [-0.05, 0) is 46.1 Å². The van der Waals surface area contributed by atoms with E-state index in [-0.39, 0.29) is 5.91 Å². The summed E-state index contributed by atoms with van der Waals surface area (Å²) in [6.45, 7) is 3.44. The Hall–Kier alpha value is -2.28. The molecular weight excluding hydrogens is 268 g/mol. The minimum atomic E-state index is -0.199. The maximum Gasteiger partial charge on any atom is 0.271 e. The lowest BCUT2D eigenvalue weighted by molar-refractivity contribution is 0.0946. The lowest BCUT2D eigenvalue weighted by Gasteiger charge is -2.09. The third kappa shape index (κ3) is 4.09. The molecule has 0 saturated heterocycles. The molecule has 0 bridgehead atoms. The molecule has 0 atom stereocenters. The first-order valence-electron chi connectivity index (χ1n) is 6.85. The Kier molecular flexibility index (Phi) is 4.99. The van der Waals surface area contributed by atoms with Gasteiger partial charge in [0.2, 0.25) is 0 Å². The molecule has 112 valence electrons. The number of amides is 1. The summed E-state index contributed by atoms with van der Waals surface area (Å²) < 4.78 is 1.81. The van der Waals surface area contributed by atoms with E-state index in [0.717, 1.165) is 18.8 Å². The van der Waals surface area contributed by atoms with E-state index in [4.69, 9.17) is 0 Å². The van der Waals surface area contributed by atoms with Gasteiger partial charge in [-0.15, -0.1) is 10.2 Å². The number of nitrogens with one attached hydrogen (secondary N) is 1. The smallest absolute Gasteiger partial charge is 0.271 e. The molecular formula is C14H20N6O. The second-order valence-electron chi connectivity index (χ2n) is 5.03. The van der Waals surface area contributed by atoms with Crippen molar-refractivity contribution in [2.75, 3.05) is 27.2 Å². The molecule has 0 unspecified atom stereocenters. The molecule has 7 nitrogen and oxygen atoms in total. The van der Waals surface area contributed by atoms with Crippen molar-refractivity contribution in [3.63, 3.8) is 0 Å². The standard InChI is InChI=1S/C14H20N6O/c1-11-15-8-10-20(11)13-6-5-12(17-18-13)14(21)16-7-4-9-19(2)3/h5-6,8,10H,4,7,9H2,1-3H3,(H,16,21). The van der Waals surface area contributed by atoms with E-state index in [1.54, 1.807) is 24.5 Å². The molecule has 2 rings (SSSR count). The number of nitrogens with zero attached hydrogens (tertiary/aromatic N) is 5. The number of carbonyl (C=O) groups is 1. The number of imidazole rings is 1. The minimum absolute atomic E-state index is 0.199. The second kappa shape index (κ2) is 6.94. The molecule has 2 aromatic heterocycles. The van der Waals surface area contributed by atoms with Crippen molar-refractivity contribution < 1.29 is 4.79 Å². The average Bonchev–Trinajstić information content (AvgIpc) is 2.89. The van der Waals surface area contributed by atoms with E-state index >= 15 is 0 Å². The van der Waals surface area contributed by atoms with Crippen LogP contribution in [0, 0.1) is 6.92 Å². The maximum absolute atomic E-state index is 11.9. The van der Waals surface area contributed by atoms with Gasteiger partial charge in [-0.3, -0.25) is 9.36 Å². The van der Waals surface area contributed by atoms with Crippen molar-refractivity contribution >= 4 is 5.91 Å². The summed E-state index contributed by atoms with van der Waals surface area (Å²) in [5.74, 6) is 1.27. The summed E-state index contributed by atoms with van der Waals surface area (Å²) in [5.41, 5.74) is 0.321. The van der Waals surface area contributed by atoms with Crippen molar-refractivity contribution in [3.05, 3.63) is 36.0 Å². The summed E-state index contributed by atoms with van der Waals surface area (Å²) in [6.07, 6.45) is 4.40. The minimum Gasteiger partial charge on any atom is -0.351 e. The van der Waals surface area contributed by atoms with Crippen LogP contribution in [0.15, 0.2) is 24.5 Å². The molecule has 0 aliphatic heterocycles. The molecule has 0 spiro atoms. The highest BCUT2D eigenvalue weighted by molar-refractivity contribution is 5.92. The van der Waals surface area contributed by atoms with Crippen LogP contribution in [0.5, 0.6) is 0 Å². The van der Waals surface area contributed by atoms with Crippen molar-refractivity contribution in [1.29, 1.82) is 0 Å². The van der Waals surface area contributed by atoms with E-state index in [9.17, 15) is 4.79 Å². The van der Waals surface area contributed by atoms with E-state index in [2.05, 4.69) is 25.4 Å². The van der Waals surface area contributed by atoms with Crippen molar-refractivity contribution in [3.8, 4) is 5.82 Å². The van der Waals surface area contributed by atoms with Gasteiger partial charge in [-0.25, -0.2) is 4.98 Å². The van der Waals surface area contributed by atoms with Crippen LogP contribution in [0.1, 0.15) is 22.7 Å². The van der Waals surface area contributed by atoms with Gasteiger partial charge >= 0.3 is 0 Å². The quantitative estimate of drug-likeness (QED) is 0.790. The fourth-order valence-corrected chi connectivity index (χ4v) is 1.88. The Morgan fingerprint density at radius 2 is 2.14 bits per heavy atom. The highest BCUT2D eigenvalue weighted by Gasteiger charge is 2.09. The molecule has 0 aliphatic carbocycles. The fraction of sp³-hybridized carbons (Fsp3) is 0.429. The molecule has 1 N–H and O–H groups in total. The first kappa shape index (κ1) is 15.1. The van der Waals surface area contributed by atoms with Crippen molar-refractivity contribution in [1.82, 2.24) is 30.0 Å². The van der Waals surface area contributed by atoms with Crippen LogP contribution in [0.25, 0.3) is 5.82 Å². The third-order valence-corrected chi connectivity index (χ3v) is 3.02. The Bertz CT molecular complexity index is 590. The molecule has 0 aromatic carbocycles. The van der Waals surface area contributed by atoms with Gasteiger partial charge in [-0.1, -0.05) is 0 Å². The van der Waals surface area contributed by atoms with Crippen LogP contribution in [0.3, 0.4) is 0 Å². The molecule has 0 radical (unpaired) electrons. The average molecular weight is 288 g/mol. The number of hydrogen-bond acceptors (Lipinski definition) is 5. The van der Waals surface area contributed by atoms with Gasteiger partial charge < -0.3 is 10.2 Å². The number of carbonyl (C=O) groups excluding carboxylic acids is 1. The normalized spacial score (nSPS) is 10.9. The number of aromatic nitrogens is 4. The maximum atomic E-state index is 11.9. The van der Waals surface area contributed by atoms with E-state index in [0.29, 0.717) is 18.1 Å². The number of aryl methyl sites for hydroxylation is 1. The summed E-state index contributed by atoms with van der Waals surface area (Å²) in [5, 5.41) is 10.9. The zero-order valence-corrected chi connectivity index (χ0v) is 12.6. The number of rotatable bonds is 6. The Morgan fingerprint density at radius 1 is 1.33 bits per heavy atom. The first-order valence-corrected chi connectivity index (χ1v) is 6.85. The van der Waals surface area contributed by atoms with Gasteiger partial charge in [0.25, 0.3) is 5.91 Å². The van der Waals surface area contributed by atoms with E-state index in [1.165, 1.54) is 0 Å². The monoisotopic (exact) mass is 288 g/mol. The first-order chi connectivity index (χ1) is 10.1. The predicted molar refractivity (Wildman–Crippen MR) is 79.4 cm³/mol. The fourth-order valence-electron chi connectivity index (χ4n) is 1.88. The molecule has 1 amide bonds. The highest BCUT2D eigenvalue weighted by Crippen LogP contribution is 2.06. The number of hydrogen-bond donors (Lipinski definition) is 1. The molecule has 7 heteroatoms. The van der Waals surface area contributed by atoms with Crippen LogP contribution >= 0.6 is 0 Å². The zero-order chi connectivity index (χ0) is 15.2. The van der Waals surface area contributed by atoms with Gasteiger partial charge in [-0.2, -0.15) is 0 Å². The molecule has 2 aromatic rings. The molecule has 0 saturated carbocycles. The molecule has 2 heterocycles. The van der Waals surface area contributed by atoms with Gasteiger partial charge in [0, 0.05) is 18.9 Å². The summed E-state index contributed by atoms with van der Waals surface area (Å²) >= 11 is 0. The Balaban J connectivity index is 1.93. The van der Waals surface area contributed by atoms with Crippen LogP contribution in [0.2, 0.25) is 0 Å². The summed E-state index contributed by atoms with van der Waals surface area (Å²) in [6, 6.07) is 3.43. The largest absolute Gasteiger partial charge is 0.351 e. The summed E-state index contributed by atoms with van der Waals surface area (Å²) in [4.78, 5) is 18.1. The van der Waals surface area contributed by atoms with Crippen molar-refractivity contribution in [2.45, 2.75) is 13.3 Å². The van der Waals surface area contributed by atoms with Gasteiger partial charge in [0.05, 0.1) is 0 Å². The van der Waals surface area contributed by atoms with Crippen LogP contribution < -0.4 is 5.32 Å². The van der Waals surface area contributed by atoms with Gasteiger partial charge in [0.1, 0.15) is 5.82 Å². The topological polar surface area (TPSA) is 75.9 Å². The lowest BCUT2D eigenvalue weighted by atomic mass is 10.3. The molecule has 21 heavy (non-hydrogen) atoms. The predicted octanol–water partition coefficient (Wildman–Crippen LogP) is 0.652. The third-order valence-electron chi connectivity index (χ3n) is 3.02. The molecule has 0 fully saturated rings. The SMILES string of the molecule is Cc1nccn1-c1ccc(C(=O)NCCCN(C)C)nn1. The zero-order valence-electron chi connectivity index (χ0n) is 12.6. The van der Waals surface area contributed by atoms with Crippen LogP contribution in [-0.2, 0) is 0 Å². The highest BCUT2D eigenvalue weighted by atomic mass is 16.1.